The standard InChI is InChI=1S/C47H65N9O7/c1-5-7-8-9-10-11-31-12-15-34(30(3)26-31)43(57)54-38(18-19-48)47(61)56(4)42-33-14-17-41(63-25-22-51)36(29-33)35-27-32(13-16-40(35)62-24-21-50)28-39(44(58)52-23-20-49)55-45(59)37(6-2)53-46(42)60/h12-17,26-27,29,37-39,42H,5-11,18-19,21-25,28,48,50-51H2,1-4H3,(H,52,58)(H,53,60)(H,54,57)(H,55,59)/t37-,38?,39-,42-/m0/s1. The number of ether oxygens (including phenoxy) is 2. The number of hydrogen-bond donors (Lipinski definition) is 7. The van der Waals surface area contributed by atoms with Crippen molar-refractivity contribution in [1.82, 2.24) is 26.2 Å². The van der Waals surface area contributed by atoms with Gasteiger partial charge >= 0.3 is 0 Å². The number of fused-ring (bicyclic) bond motifs is 5. The highest BCUT2D eigenvalue weighted by atomic mass is 16.5. The van der Waals surface area contributed by atoms with Crippen molar-refractivity contribution in [3.63, 3.8) is 0 Å². The van der Waals surface area contributed by atoms with Gasteiger partial charge in [-0.1, -0.05) is 63.8 Å². The fourth-order valence-corrected chi connectivity index (χ4v) is 7.66. The molecule has 340 valence electrons. The topological polar surface area (TPSA) is 257 Å². The van der Waals surface area contributed by atoms with Crippen LogP contribution in [0, 0.1) is 18.3 Å². The van der Waals surface area contributed by atoms with Crippen LogP contribution >= 0.6 is 0 Å². The molecule has 0 aliphatic carbocycles. The van der Waals surface area contributed by atoms with Crippen molar-refractivity contribution in [2.24, 2.45) is 17.2 Å². The number of benzene rings is 3. The van der Waals surface area contributed by atoms with Crippen LogP contribution in [0.4, 0.5) is 0 Å². The average molecular weight is 868 g/mol. The predicted octanol–water partition coefficient (Wildman–Crippen LogP) is 3.07. The number of rotatable bonds is 21. The van der Waals surface area contributed by atoms with Crippen molar-refractivity contribution in [3.8, 4) is 28.7 Å². The number of aryl methyl sites for hydroxylation is 2. The fraction of sp³-hybridized carbons (Fsp3) is 0.489. The smallest absolute Gasteiger partial charge is 0.252 e. The molecule has 5 amide bonds. The number of hydrogen-bond acceptors (Lipinski definition) is 11. The van der Waals surface area contributed by atoms with Crippen molar-refractivity contribution >= 4 is 29.5 Å². The third-order valence-electron chi connectivity index (χ3n) is 11.0. The summed E-state index contributed by atoms with van der Waals surface area (Å²) in [7, 11) is 1.46. The minimum atomic E-state index is -1.36. The van der Waals surface area contributed by atoms with E-state index in [1.165, 1.54) is 31.2 Å². The summed E-state index contributed by atoms with van der Waals surface area (Å²) in [4.78, 5) is 71.7. The van der Waals surface area contributed by atoms with Crippen LogP contribution in [0.2, 0.25) is 0 Å². The maximum absolute atomic E-state index is 14.7. The summed E-state index contributed by atoms with van der Waals surface area (Å²) in [5, 5.41) is 20.2. The van der Waals surface area contributed by atoms with E-state index in [1.807, 2.05) is 25.1 Å². The molecule has 63 heavy (non-hydrogen) atoms. The van der Waals surface area contributed by atoms with Gasteiger partial charge in [0.2, 0.25) is 23.6 Å². The Morgan fingerprint density at radius 3 is 2.19 bits per heavy atom. The quantitative estimate of drug-likeness (QED) is 0.0605. The van der Waals surface area contributed by atoms with E-state index < -0.39 is 53.7 Å². The molecule has 16 heteroatoms. The Labute approximate surface area is 371 Å². The van der Waals surface area contributed by atoms with Crippen LogP contribution in [0.15, 0.2) is 54.6 Å². The van der Waals surface area contributed by atoms with Gasteiger partial charge < -0.3 is 52.8 Å². The minimum Gasteiger partial charge on any atom is -0.492 e. The van der Waals surface area contributed by atoms with Gasteiger partial charge in [0.05, 0.1) is 6.07 Å². The van der Waals surface area contributed by atoms with Gasteiger partial charge in [0.1, 0.15) is 55.4 Å². The van der Waals surface area contributed by atoms with E-state index in [2.05, 4.69) is 28.2 Å². The third kappa shape index (κ3) is 13.7. The lowest BCUT2D eigenvalue weighted by Crippen LogP contribution is -2.56. The highest BCUT2D eigenvalue weighted by molar-refractivity contribution is 6.00. The molecule has 1 unspecified atom stereocenters. The van der Waals surface area contributed by atoms with Crippen LogP contribution in [-0.4, -0.2) is 99.0 Å². The lowest BCUT2D eigenvalue weighted by Gasteiger charge is -2.33. The number of unbranched alkanes of at least 4 members (excludes halogenated alkanes) is 4. The summed E-state index contributed by atoms with van der Waals surface area (Å²) < 4.78 is 12.2. The largest absolute Gasteiger partial charge is 0.492 e. The number of nitrogens with one attached hydrogen (secondary N) is 4. The number of likely N-dealkylation sites (N-methyl/N-ethyl adjacent to an activating group) is 1. The Kier molecular flexibility index (Phi) is 19.8. The van der Waals surface area contributed by atoms with E-state index in [4.69, 9.17) is 26.7 Å². The van der Waals surface area contributed by atoms with Gasteiger partial charge in [-0.05, 0) is 91.7 Å². The van der Waals surface area contributed by atoms with Gasteiger partial charge in [-0.3, -0.25) is 24.0 Å². The second kappa shape index (κ2) is 25.2. The van der Waals surface area contributed by atoms with E-state index in [-0.39, 0.29) is 58.7 Å². The number of carbonyl (C=O) groups is 5. The zero-order chi connectivity index (χ0) is 45.9. The van der Waals surface area contributed by atoms with Crippen LogP contribution in [0.25, 0.3) is 11.1 Å². The Balaban J connectivity index is 1.81. The molecule has 1 heterocycles. The number of nitrogens with two attached hydrogens (primary N) is 3. The maximum atomic E-state index is 14.7. The minimum absolute atomic E-state index is 0.0210. The van der Waals surface area contributed by atoms with Crippen molar-refractivity contribution in [3.05, 3.63) is 82.4 Å². The average Bonchev–Trinajstić information content (AvgIpc) is 3.27. The molecule has 0 aromatic heterocycles. The Bertz CT molecular complexity index is 2090. The fourth-order valence-electron chi connectivity index (χ4n) is 7.66. The van der Waals surface area contributed by atoms with Gasteiger partial charge in [0, 0.05) is 43.2 Å². The molecule has 10 N–H and O–H groups in total. The Morgan fingerprint density at radius 1 is 0.873 bits per heavy atom. The van der Waals surface area contributed by atoms with Gasteiger partial charge in [-0.25, -0.2) is 0 Å². The summed E-state index contributed by atoms with van der Waals surface area (Å²) in [6.45, 7) is 6.25. The zero-order valence-corrected chi connectivity index (χ0v) is 37.1. The van der Waals surface area contributed by atoms with E-state index in [0.717, 1.165) is 30.4 Å². The number of nitrogens with zero attached hydrogens (tertiary/aromatic N) is 2. The molecular formula is C47H65N9O7. The summed E-state index contributed by atoms with van der Waals surface area (Å²) in [5.74, 6) is -2.19. The van der Waals surface area contributed by atoms with Crippen LogP contribution in [-0.2, 0) is 32.0 Å². The molecule has 0 saturated carbocycles. The Hall–Kier alpha value is -6.02. The molecule has 4 atom stereocenters. The van der Waals surface area contributed by atoms with Gasteiger partial charge in [-0.15, -0.1) is 0 Å². The molecule has 4 rings (SSSR count). The first-order valence-corrected chi connectivity index (χ1v) is 22.0. The lowest BCUT2D eigenvalue weighted by atomic mass is 9.93. The molecule has 0 saturated heterocycles. The molecule has 1 aliphatic heterocycles. The van der Waals surface area contributed by atoms with E-state index in [9.17, 15) is 29.2 Å². The van der Waals surface area contributed by atoms with E-state index in [0.29, 0.717) is 39.3 Å². The molecule has 3 aromatic carbocycles. The number of nitriles is 1. The van der Waals surface area contributed by atoms with Crippen LogP contribution < -0.4 is 47.9 Å². The maximum Gasteiger partial charge on any atom is 0.252 e. The zero-order valence-electron chi connectivity index (χ0n) is 37.1. The lowest BCUT2D eigenvalue weighted by molar-refractivity contribution is -0.141. The summed E-state index contributed by atoms with van der Waals surface area (Å²) in [6, 6.07) is 13.1. The molecule has 0 fully saturated rings. The van der Waals surface area contributed by atoms with E-state index in [1.54, 1.807) is 49.4 Å². The van der Waals surface area contributed by atoms with Gasteiger partial charge in [0.15, 0.2) is 0 Å². The normalized spacial score (nSPS) is 16.6. The van der Waals surface area contributed by atoms with Gasteiger partial charge in [0.25, 0.3) is 5.91 Å². The van der Waals surface area contributed by atoms with Crippen molar-refractivity contribution in [2.75, 3.05) is 46.4 Å². The third-order valence-corrected chi connectivity index (χ3v) is 11.0. The second-order valence-electron chi connectivity index (χ2n) is 15.7. The molecule has 0 spiro atoms. The predicted molar refractivity (Wildman–Crippen MR) is 242 cm³/mol. The first-order chi connectivity index (χ1) is 30.4. The van der Waals surface area contributed by atoms with Gasteiger partial charge in [-0.2, -0.15) is 5.26 Å². The first-order valence-electron chi connectivity index (χ1n) is 22.0. The molecule has 16 nitrogen and oxygen atoms in total. The summed E-state index contributed by atoms with van der Waals surface area (Å²) in [5.41, 5.74) is 22.0. The highest BCUT2D eigenvalue weighted by Crippen LogP contribution is 2.40. The number of carbonyl (C=O) groups excluding carboxylic acids is 5. The van der Waals surface area contributed by atoms with E-state index >= 15 is 0 Å². The molecule has 3 aromatic rings. The SMILES string of the molecule is CCCCCCCc1ccc(C(=O)NC(CCN)C(=O)N(C)[C@@H]2C(=O)N[C@@H](CC)C(=O)N[C@H](C(=O)NCC#N)Cc3ccc(OCCN)c(c3)-c3cc2ccc3OCCN)c(C)c1. The monoisotopic (exact) mass is 868 g/mol. The Morgan fingerprint density at radius 2 is 1.56 bits per heavy atom. The highest BCUT2D eigenvalue weighted by Gasteiger charge is 2.36. The first kappa shape index (κ1) is 49.6. The summed E-state index contributed by atoms with van der Waals surface area (Å²) >= 11 is 0. The molecule has 1 aliphatic rings. The molecular weight excluding hydrogens is 803 g/mol. The van der Waals surface area contributed by atoms with Crippen LogP contribution in [0.5, 0.6) is 11.5 Å². The second-order valence-corrected chi connectivity index (χ2v) is 15.7. The molecule has 4 bridgehead atoms. The number of amides is 5. The van der Waals surface area contributed by atoms with Crippen molar-refractivity contribution in [1.29, 1.82) is 5.26 Å². The van der Waals surface area contributed by atoms with Crippen LogP contribution in [0.1, 0.15) is 97.4 Å². The molecule has 0 radical (unpaired) electrons. The summed E-state index contributed by atoms with van der Waals surface area (Å²) in [6.07, 6.45) is 6.91. The van der Waals surface area contributed by atoms with Crippen molar-refractivity contribution < 1.29 is 33.4 Å². The van der Waals surface area contributed by atoms with Crippen molar-refractivity contribution in [2.45, 2.75) is 103 Å². The van der Waals surface area contributed by atoms with Crippen LogP contribution in [0.3, 0.4) is 0 Å².